The zero-order valence-corrected chi connectivity index (χ0v) is 19.6. The Morgan fingerprint density at radius 1 is 0.970 bits per heavy atom. The van der Waals surface area contributed by atoms with Crippen LogP contribution in [-0.4, -0.2) is 23.1 Å². The lowest BCUT2D eigenvalue weighted by Gasteiger charge is -2.07. The molecular weight excluding hydrogens is 482 g/mol. The smallest absolute Gasteiger partial charge is 0.344 e. The Morgan fingerprint density at radius 3 is 2.48 bits per heavy atom. The van der Waals surface area contributed by atoms with Crippen LogP contribution in [0.1, 0.15) is 37.5 Å². The molecule has 164 valence electrons. The fraction of sp³-hybridized carbons (Fsp3) is 0.0769. The van der Waals surface area contributed by atoms with Crippen molar-refractivity contribution in [3.8, 4) is 5.75 Å². The van der Waals surface area contributed by atoms with Gasteiger partial charge in [-0.15, -0.1) is 0 Å². The van der Waals surface area contributed by atoms with Gasteiger partial charge in [-0.3, -0.25) is 9.78 Å². The van der Waals surface area contributed by atoms with Crippen LogP contribution < -0.4 is 10.2 Å². The van der Waals surface area contributed by atoms with Crippen molar-refractivity contribution in [2.45, 2.75) is 13.8 Å². The van der Waals surface area contributed by atoms with Crippen LogP contribution in [0.4, 0.5) is 0 Å². The number of amides is 1. The number of pyridine rings is 1. The number of esters is 1. The molecule has 3 aromatic carbocycles. The molecule has 4 rings (SSSR count). The largest absolute Gasteiger partial charge is 0.423 e. The third-order valence-electron chi connectivity index (χ3n) is 4.90. The SMILES string of the molecule is Cc1ccc2nc(C)cc(C(=O)NN=Cc3ccc(OC(=O)c4ccccc4Br)cc3)c2c1. The summed E-state index contributed by atoms with van der Waals surface area (Å²) in [5, 5.41) is 4.85. The first-order valence-corrected chi connectivity index (χ1v) is 11.0. The highest BCUT2D eigenvalue weighted by Gasteiger charge is 2.13. The highest BCUT2D eigenvalue weighted by molar-refractivity contribution is 9.10. The Balaban J connectivity index is 1.42. The molecule has 0 bridgehead atoms. The van der Waals surface area contributed by atoms with E-state index in [1.54, 1.807) is 48.5 Å². The predicted octanol–water partition coefficient (Wildman–Crippen LogP) is 5.60. The molecule has 33 heavy (non-hydrogen) atoms. The van der Waals surface area contributed by atoms with Gasteiger partial charge in [-0.1, -0.05) is 23.8 Å². The van der Waals surface area contributed by atoms with E-state index in [4.69, 9.17) is 4.74 Å². The van der Waals surface area contributed by atoms with Gasteiger partial charge in [0.05, 0.1) is 22.9 Å². The van der Waals surface area contributed by atoms with Gasteiger partial charge in [-0.2, -0.15) is 5.10 Å². The summed E-state index contributed by atoms with van der Waals surface area (Å²) in [6.45, 7) is 3.82. The Morgan fingerprint density at radius 2 is 1.73 bits per heavy atom. The van der Waals surface area contributed by atoms with Gasteiger partial charge >= 0.3 is 5.97 Å². The van der Waals surface area contributed by atoms with Crippen molar-refractivity contribution in [2.24, 2.45) is 5.10 Å². The molecule has 0 aliphatic carbocycles. The van der Waals surface area contributed by atoms with Crippen LogP contribution >= 0.6 is 15.9 Å². The van der Waals surface area contributed by atoms with Gasteiger partial charge in [0.1, 0.15) is 5.75 Å². The van der Waals surface area contributed by atoms with Gasteiger partial charge in [0.2, 0.25) is 0 Å². The first-order valence-electron chi connectivity index (χ1n) is 10.2. The lowest BCUT2D eigenvalue weighted by molar-refractivity contribution is 0.0733. The lowest BCUT2D eigenvalue weighted by atomic mass is 10.1. The molecule has 1 heterocycles. The average Bonchev–Trinajstić information content (AvgIpc) is 2.80. The van der Waals surface area contributed by atoms with Gasteiger partial charge in [-0.25, -0.2) is 10.2 Å². The van der Waals surface area contributed by atoms with Crippen molar-refractivity contribution in [3.63, 3.8) is 0 Å². The molecule has 0 radical (unpaired) electrons. The van der Waals surface area contributed by atoms with E-state index >= 15 is 0 Å². The fourth-order valence-corrected chi connectivity index (χ4v) is 3.74. The predicted molar refractivity (Wildman–Crippen MR) is 132 cm³/mol. The van der Waals surface area contributed by atoms with E-state index in [1.165, 1.54) is 6.21 Å². The summed E-state index contributed by atoms with van der Waals surface area (Å²) >= 11 is 3.34. The van der Waals surface area contributed by atoms with Crippen LogP contribution in [0.5, 0.6) is 5.75 Å². The van der Waals surface area contributed by atoms with Crippen molar-refractivity contribution in [3.05, 3.63) is 105 Å². The second-order valence-electron chi connectivity index (χ2n) is 7.47. The number of benzene rings is 3. The molecule has 0 atom stereocenters. The number of halogens is 1. The molecule has 1 aromatic heterocycles. The molecule has 0 spiro atoms. The van der Waals surface area contributed by atoms with E-state index in [2.05, 4.69) is 31.4 Å². The Hall–Kier alpha value is -3.84. The number of rotatable bonds is 5. The zero-order chi connectivity index (χ0) is 23.4. The van der Waals surface area contributed by atoms with Gasteiger partial charge < -0.3 is 4.74 Å². The van der Waals surface area contributed by atoms with Gasteiger partial charge in [-0.05, 0) is 89.9 Å². The van der Waals surface area contributed by atoms with Crippen molar-refractivity contribution in [1.29, 1.82) is 0 Å². The second kappa shape index (κ2) is 9.75. The third kappa shape index (κ3) is 5.32. The zero-order valence-electron chi connectivity index (χ0n) is 18.0. The molecular formula is C26H20BrN3O3. The summed E-state index contributed by atoms with van der Waals surface area (Å²) < 4.78 is 6.08. The number of carbonyl (C=O) groups is 2. The highest BCUT2D eigenvalue weighted by Crippen LogP contribution is 2.21. The van der Waals surface area contributed by atoms with Crippen LogP contribution in [0.2, 0.25) is 0 Å². The number of nitrogens with one attached hydrogen (secondary N) is 1. The molecule has 0 aliphatic heterocycles. The molecule has 0 unspecified atom stereocenters. The topological polar surface area (TPSA) is 80.7 Å². The van der Waals surface area contributed by atoms with E-state index in [1.807, 2.05) is 38.1 Å². The molecule has 1 amide bonds. The minimum absolute atomic E-state index is 0.314. The number of aryl methyl sites for hydroxylation is 2. The molecule has 0 fully saturated rings. The molecule has 1 N–H and O–H groups in total. The van der Waals surface area contributed by atoms with Crippen LogP contribution in [0.25, 0.3) is 10.9 Å². The van der Waals surface area contributed by atoms with E-state index in [-0.39, 0.29) is 5.91 Å². The first kappa shape index (κ1) is 22.4. The van der Waals surface area contributed by atoms with Crippen LogP contribution in [0.3, 0.4) is 0 Å². The van der Waals surface area contributed by atoms with E-state index in [9.17, 15) is 9.59 Å². The van der Waals surface area contributed by atoms with E-state index in [0.29, 0.717) is 21.3 Å². The molecule has 0 saturated heterocycles. The van der Waals surface area contributed by atoms with Gasteiger partial charge in [0.15, 0.2) is 0 Å². The quantitative estimate of drug-likeness (QED) is 0.167. The maximum Gasteiger partial charge on any atom is 0.344 e. The summed E-state index contributed by atoms with van der Waals surface area (Å²) in [6, 6.07) is 21.4. The number of carbonyl (C=O) groups excluding carboxylic acids is 2. The lowest BCUT2D eigenvalue weighted by Crippen LogP contribution is -2.18. The Labute approximate surface area is 199 Å². The van der Waals surface area contributed by atoms with Crippen LogP contribution in [-0.2, 0) is 0 Å². The minimum Gasteiger partial charge on any atom is -0.423 e. The monoisotopic (exact) mass is 501 g/mol. The van der Waals surface area contributed by atoms with Crippen LogP contribution in [0, 0.1) is 13.8 Å². The summed E-state index contributed by atoms with van der Waals surface area (Å²) in [5.74, 6) is -0.358. The fourth-order valence-electron chi connectivity index (χ4n) is 3.30. The number of aromatic nitrogens is 1. The van der Waals surface area contributed by atoms with E-state index < -0.39 is 5.97 Å². The summed E-state index contributed by atoms with van der Waals surface area (Å²) in [6.07, 6.45) is 1.53. The normalized spacial score (nSPS) is 11.0. The number of ether oxygens (including phenoxy) is 1. The number of hydrogen-bond donors (Lipinski definition) is 1. The molecule has 4 aromatic rings. The Bertz CT molecular complexity index is 1380. The molecule has 7 heteroatoms. The van der Waals surface area contributed by atoms with Crippen molar-refractivity contribution in [2.75, 3.05) is 0 Å². The maximum absolute atomic E-state index is 12.7. The molecule has 0 saturated carbocycles. The summed E-state index contributed by atoms with van der Waals surface area (Å²) in [4.78, 5) is 29.5. The minimum atomic E-state index is -0.453. The van der Waals surface area contributed by atoms with Gasteiger partial charge in [0, 0.05) is 15.6 Å². The van der Waals surface area contributed by atoms with Crippen molar-refractivity contribution >= 4 is 44.9 Å². The highest BCUT2D eigenvalue weighted by atomic mass is 79.9. The number of hydrogen-bond acceptors (Lipinski definition) is 5. The van der Waals surface area contributed by atoms with Crippen molar-refractivity contribution in [1.82, 2.24) is 10.4 Å². The Kier molecular flexibility index (Phi) is 6.60. The molecule has 0 aliphatic rings. The van der Waals surface area contributed by atoms with Gasteiger partial charge in [0.25, 0.3) is 5.91 Å². The second-order valence-corrected chi connectivity index (χ2v) is 8.32. The number of hydrazone groups is 1. The van der Waals surface area contributed by atoms with E-state index in [0.717, 1.165) is 27.7 Å². The number of fused-ring (bicyclic) bond motifs is 1. The summed E-state index contributed by atoms with van der Waals surface area (Å²) in [7, 11) is 0. The molecule has 6 nitrogen and oxygen atoms in total. The first-order chi connectivity index (χ1) is 15.9. The number of nitrogens with zero attached hydrogens (tertiary/aromatic N) is 2. The average molecular weight is 502 g/mol. The maximum atomic E-state index is 12.7. The van der Waals surface area contributed by atoms with Crippen molar-refractivity contribution < 1.29 is 14.3 Å². The summed E-state index contributed by atoms with van der Waals surface area (Å²) in [5.41, 5.74) is 6.85. The van der Waals surface area contributed by atoms with Crippen LogP contribution in [0.15, 0.2) is 82.4 Å². The standard InChI is InChI=1S/C26H20BrN3O3/c1-16-7-12-24-21(13-16)22(14-17(2)29-24)25(31)30-28-15-18-8-10-19(11-9-18)33-26(32)20-5-3-4-6-23(20)27/h3-15H,1-2H3,(H,30,31). The third-order valence-corrected chi connectivity index (χ3v) is 5.59.